The van der Waals surface area contributed by atoms with Gasteiger partial charge in [-0.05, 0) is 55.5 Å². The highest BCUT2D eigenvalue weighted by molar-refractivity contribution is 7.83. The van der Waals surface area contributed by atoms with Crippen LogP contribution in [0.25, 0.3) is 10.8 Å². The number of piperidine rings is 1. The number of rotatable bonds is 10. The third kappa shape index (κ3) is 7.01. The molecule has 0 spiro atoms. The lowest BCUT2D eigenvalue weighted by Crippen LogP contribution is -2.50. The van der Waals surface area contributed by atoms with Gasteiger partial charge in [0.25, 0.3) is 0 Å². The lowest BCUT2D eigenvalue weighted by molar-refractivity contribution is -0.151. The highest BCUT2D eigenvalue weighted by Gasteiger charge is 2.32. The molecule has 9 nitrogen and oxygen atoms in total. The first kappa shape index (κ1) is 25.6. The van der Waals surface area contributed by atoms with Gasteiger partial charge in [-0.2, -0.15) is 0 Å². The Morgan fingerprint density at radius 2 is 1.88 bits per heavy atom. The van der Waals surface area contributed by atoms with Crippen LogP contribution in [0.3, 0.4) is 0 Å². The first-order valence-corrected chi connectivity index (χ1v) is 12.7. The normalized spacial score (nSPS) is 16.1. The molecule has 1 fully saturated rings. The van der Waals surface area contributed by atoms with Crippen molar-refractivity contribution in [2.45, 2.75) is 43.5 Å². The number of amides is 1. The fourth-order valence-electron chi connectivity index (χ4n) is 4.03. The molecule has 184 valence electrons. The number of benzene rings is 2. The van der Waals surface area contributed by atoms with Gasteiger partial charge >= 0.3 is 5.97 Å². The molecule has 5 N–H and O–H groups in total. The van der Waals surface area contributed by atoms with E-state index in [1.807, 2.05) is 36.4 Å². The first-order valence-electron chi connectivity index (χ1n) is 11.6. The predicted octanol–water partition coefficient (Wildman–Crippen LogP) is 1.68. The summed E-state index contributed by atoms with van der Waals surface area (Å²) in [6.45, 7) is 3.42. The van der Waals surface area contributed by atoms with Gasteiger partial charge in [0.15, 0.2) is 5.96 Å². The number of esters is 1. The molecule has 2 aromatic rings. The molecule has 0 aliphatic carbocycles. The smallest absolute Gasteiger partial charge is 0.309 e. The number of likely N-dealkylation sites (tertiary alicyclic amines) is 1. The lowest BCUT2D eigenvalue weighted by Gasteiger charge is -2.33. The summed E-state index contributed by atoms with van der Waals surface area (Å²) in [5, 5.41) is 2.03. The van der Waals surface area contributed by atoms with Crippen LogP contribution in [0.5, 0.6) is 0 Å². The van der Waals surface area contributed by atoms with Gasteiger partial charge in [0, 0.05) is 19.6 Å². The van der Waals surface area contributed by atoms with Crippen molar-refractivity contribution < 1.29 is 18.5 Å². The third-order valence-corrected chi connectivity index (χ3v) is 7.03. The summed E-state index contributed by atoms with van der Waals surface area (Å²) in [4.78, 5) is 31.7. The van der Waals surface area contributed by atoms with E-state index in [9.17, 15) is 13.8 Å². The second-order valence-electron chi connectivity index (χ2n) is 8.25. The second-order valence-corrected chi connectivity index (χ2v) is 9.49. The highest BCUT2D eigenvalue weighted by atomic mass is 32.2. The molecule has 10 heteroatoms. The zero-order chi connectivity index (χ0) is 24.5. The number of guanidine groups is 1. The molecule has 34 heavy (non-hydrogen) atoms. The molecule has 0 bridgehead atoms. The van der Waals surface area contributed by atoms with Crippen molar-refractivity contribution in [3.8, 4) is 0 Å². The summed E-state index contributed by atoms with van der Waals surface area (Å²) in [6.07, 6.45) is 2.08. The average molecular weight is 488 g/mol. The topological polar surface area (TPSA) is 140 Å². The molecular weight excluding hydrogens is 454 g/mol. The Labute approximate surface area is 202 Å². The van der Waals surface area contributed by atoms with E-state index in [-0.39, 0.29) is 23.8 Å². The monoisotopic (exact) mass is 487 g/mol. The maximum atomic E-state index is 13.3. The van der Waals surface area contributed by atoms with Crippen LogP contribution in [-0.2, 0) is 25.3 Å². The molecule has 3 rings (SSSR count). The summed E-state index contributed by atoms with van der Waals surface area (Å²) in [7, 11) is -1.58. The Bertz CT molecular complexity index is 1050. The van der Waals surface area contributed by atoms with Gasteiger partial charge in [0.05, 0.1) is 23.5 Å². The molecule has 1 unspecified atom stereocenters. The third-order valence-electron chi connectivity index (χ3n) is 5.85. The fourth-order valence-corrected chi connectivity index (χ4v) is 5.07. The van der Waals surface area contributed by atoms with Crippen LogP contribution in [0.1, 0.15) is 32.6 Å². The maximum Gasteiger partial charge on any atom is 0.309 e. The van der Waals surface area contributed by atoms with Crippen LogP contribution >= 0.6 is 0 Å². The van der Waals surface area contributed by atoms with Gasteiger partial charge in [-0.1, -0.05) is 30.3 Å². The number of hydrogen-bond acceptors (Lipinski definition) is 5. The van der Waals surface area contributed by atoms with E-state index in [1.54, 1.807) is 17.9 Å². The Balaban J connectivity index is 1.68. The van der Waals surface area contributed by atoms with Crippen LogP contribution in [-0.4, -0.2) is 59.2 Å². The van der Waals surface area contributed by atoms with Crippen LogP contribution in [0.4, 0.5) is 0 Å². The van der Waals surface area contributed by atoms with E-state index in [4.69, 9.17) is 16.2 Å². The van der Waals surface area contributed by atoms with Crippen molar-refractivity contribution in [2.24, 2.45) is 22.4 Å². The van der Waals surface area contributed by atoms with Crippen molar-refractivity contribution in [1.82, 2.24) is 9.62 Å². The van der Waals surface area contributed by atoms with E-state index in [0.29, 0.717) is 56.8 Å². The minimum absolute atomic E-state index is 0.00314. The molecule has 0 aromatic heterocycles. The predicted molar refractivity (Wildman–Crippen MR) is 133 cm³/mol. The van der Waals surface area contributed by atoms with Crippen molar-refractivity contribution in [3.05, 3.63) is 42.5 Å². The van der Waals surface area contributed by atoms with E-state index in [2.05, 4.69) is 9.71 Å². The fraction of sp³-hybridized carbons (Fsp3) is 0.458. The Morgan fingerprint density at radius 3 is 2.56 bits per heavy atom. The SMILES string of the molecule is CCOC(=O)C1CCN(C(=O)[C@H](CCCN=C(N)N)NS(=O)c2ccc3ccccc3c2)CC1. The van der Waals surface area contributed by atoms with Gasteiger partial charge in [-0.3, -0.25) is 14.6 Å². The molecule has 1 heterocycles. The van der Waals surface area contributed by atoms with Crippen LogP contribution in [0, 0.1) is 5.92 Å². The number of carbonyl (C=O) groups is 2. The van der Waals surface area contributed by atoms with Crippen molar-refractivity contribution in [1.29, 1.82) is 0 Å². The van der Waals surface area contributed by atoms with E-state index in [1.165, 1.54) is 0 Å². The maximum absolute atomic E-state index is 13.3. The standard InChI is InChI=1S/C24H33N5O4S/c1-2-33-23(31)18-11-14-29(15-12-18)22(30)21(8-5-13-27-24(25)26)28-34(32)20-10-9-17-6-3-4-7-19(17)16-20/h3-4,6-7,9-10,16,18,21,28H,2,5,8,11-15H2,1H3,(H4,25,26,27)/t21-,34?/m0/s1. The zero-order valence-electron chi connectivity index (χ0n) is 19.4. The first-order chi connectivity index (χ1) is 16.4. The van der Waals surface area contributed by atoms with Crippen LogP contribution in [0.2, 0.25) is 0 Å². The van der Waals surface area contributed by atoms with Crippen molar-refractivity contribution in [3.63, 3.8) is 0 Å². The van der Waals surface area contributed by atoms with Crippen molar-refractivity contribution >= 4 is 39.6 Å². The number of fused-ring (bicyclic) bond motifs is 1. The molecule has 0 saturated carbocycles. The number of nitrogens with zero attached hydrogens (tertiary/aromatic N) is 2. The summed E-state index contributed by atoms with van der Waals surface area (Å²) < 4.78 is 21.3. The molecule has 1 aliphatic heterocycles. The summed E-state index contributed by atoms with van der Waals surface area (Å²) >= 11 is 0. The van der Waals surface area contributed by atoms with E-state index in [0.717, 1.165) is 10.8 Å². The number of nitrogens with one attached hydrogen (secondary N) is 1. The zero-order valence-corrected chi connectivity index (χ0v) is 20.3. The molecule has 1 saturated heterocycles. The Kier molecular flexibility index (Phi) is 9.41. The van der Waals surface area contributed by atoms with Crippen molar-refractivity contribution in [2.75, 3.05) is 26.2 Å². The minimum atomic E-state index is -1.58. The van der Waals surface area contributed by atoms with Gasteiger partial charge in [0.1, 0.15) is 11.0 Å². The summed E-state index contributed by atoms with van der Waals surface area (Å²) in [6, 6.07) is 12.8. The molecule has 1 amide bonds. The van der Waals surface area contributed by atoms with Crippen LogP contribution < -0.4 is 16.2 Å². The Morgan fingerprint density at radius 1 is 1.18 bits per heavy atom. The quantitative estimate of drug-likeness (QED) is 0.202. The number of nitrogens with two attached hydrogens (primary N) is 2. The van der Waals surface area contributed by atoms with Gasteiger partial charge in [-0.25, -0.2) is 8.93 Å². The van der Waals surface area contributed by atoms with Crippen LogP contribution in [0.15, 0.2) is 52.4 Å². The highest BCUT2D eigenvalue weighted by Crippen LogP contribution is 2.21. The summed E-state index contributed by atoms with van der Waals surface area (Å²) in [5.41, 5.74) is 10.8. The number of hydrogen-bond donors (Lipinski definition) is 3. The summed E-state index contributed by atoms with van der Waals surface area (Å²) in [5.74, 6) is -0.541. The molecular formula is C24H33N5O4S. The van der Waals surface area contributed by atoms with Gasteiger partial charge < -0.3 is 21.1 Å². The van der Waals surface area contributed by atoms with Gasteiger partial charge in [0.2, 0.25) is 5.91 Å². The molecule has 2 aromatic carbocycles. The van der Waals surface area contributed by atoms with E-state index >= 15 is 0 Å². The minimum Gasteiger partial charge on any atom is -0.466 e. The number of ether oxygens (including phenoxy) is 1. The Hall–Kier alpha value is -2.98. The van der Waals surface area contributed by atoms with Gasteiger partial charge in [-0.15, -0.1) is 0 Å². The molecule has 0 radical (unpaired) electrons. The lowest BCUT2D eigenvalue weighted by atomic mass is 9.96. The molecule has 1 aliphatic rings. The largest absolute Gasteiger partial charge is 0.466 e. The van der Waals surface area contributed by atoms with E-state index < -0.39 is 17.0 Å². The number of aliphatic imine (C=N–C) groups is 1. The average Bonchev–Trinajstić information content (AvgIpc) is 2.85. The molecule has 2 atom stereocenters. The second kappa shape index (κ2) is 12.5. The number of carbonyl (C=O) groups excluding carboxylic acids is 2.